The fourth-order valence-electron chi connectivity index (χ4n) is 2.70. The smallest absolute Gasteiger partial charge is 0.299 e. The minimum atomic E-state index is -5.14. The Morgan fingerprint density at radius 1 is 0.848 bits per heavy atom. The van der Waals surface area contributed by atoms with Crippen LogP contribution < -0.4 is 4.62 Å². The van der Waals surface area contributed by atoms with Gasteiger partial charge in [0.25, 0.3) is 0 Å². The van der Waals surface area contributed by atoms with E-state index >= 15 is 0 Å². The molecule has 1 aromatic rings. The molecule has 1 heterocycles. The third-order valence-corrected chi connectivity index (χ3v) is 11.5. The molecule has 0 spiro atoms. The molecule has 0 aliphatic heterocycles. The average molecular weight is 638 g/mol. The minimum absolute atomic E-state index is 0.437. The van der Waals surface area contributed by atoms with Crippen LogP contribution >= 0.6 is 85.5 Å². The van der Waals surface area contributed by atoms with E-state index in [1.165, 1.54) is 4.85 Å². The molecule has 2 N–H and O–H groups in total. The molecule has 196 valence electrons. The molecule has 0 amide bonds. The summed E-state index contributed by atoms with van der Waals surface area (Å²) >= 11 is 35.3. The summed E-state index contributed by atoms with van der Waals surface area (Å²) in [4.78, 5) is 15.3. The monoisotopic (exact) mass is 635 g/mol. The van der Waals surface area contributed by atoms with E-state index in [4.69, 9.17) is 88.6 Å². The molecule has 10 nitrogen and oxygen atoms in total. The van der Waals surface area contributed by atoms with Gasteiger partial charge in [0.1, 0.15) is 0 Å². The van der Waals surface area contributed by atoms with Crippen molar-refractivity contribution in [2.75, 3.05) is 42.3 Å². The Balaban J connectivity index is 0.000000530. The molecule has 0 aromatic carbocycles. The van der Waals surface area contributed by atoms with Gasteiger partial charge in [-0.15, -0.1) is 92.9 Å². The zero-order valence-electron chi connectivity index (χ0n) is 18.6. The van der Waals surface area contributed by atoms with Crippen molar-refractivity contribution in [1.29, 1.82) is 0 Å². The van der Waals surface area contributed by atoms with E-state index in [2.05, 4.69) is 24.3 Å². The van der Waals surface area contributed by atoms with Crippen LogP contribution in [0.4, 0.5) is 4.20 Å². The maximum atomic E-state index is 10.4. The lowest BCUT2D eigenvalue weighted by Crippen LogP contribution is -2.52. The maximum absolute atomic E-state index is 10.4. The highest BCUT2D eigenvalue weighted by atomic mass is 35.5. The second kappa shape index (κ2) is 14.7. The highest BCUT2D eigenvalue weighted by Gasteiger charge is 2.54. The summed E-state index contributed by atoms with van der Waals surface area (Å²) in [6, 6.07) is 0. The van der Waals surface area contributed by atoms with Crippen molar-refractivity contribution >= 4 is 85.5 Å². The summed E-state index contributed by atoms with van der Waals surface area (Å²) in [5, 5.41) is 4.95. The molecule has 0 bridgehead atoms. The van der Waals surface area contributed by atoms with Crippen molar-refractivity contribution in [2.24, 2.45) is 0 Å². The Kier molecular flexibility index (Phi) is 15.2. The van der Waals surface area contributed by atoms with Crippen molar-refractivity contribution < 1.29 is 23.2 Å². The van der Waals surface area contributed by atoms with Crippen LogP contribution in [0.3, 0.4) is 0 Å². The van der Waals surface area contributed by atoms with Gasteiger partial charge in [-0.25, -0.2) is 4.57 Å². The van der Waals surface area contributed by atoms with Gasteiger partial charge < -0.3 is 0 Å². The number of hydrogen-bond donors (Lipinski definition) is 2. The lowest BCUT2D eigenvalue weighted by Gasteiger charge is -2.37. The second-order valence-electron chi connectivity index (χ2n) is 7.08. The topological polar surface area (TPSA) is 107 Å². The first kappa shape index (κ1) is 34.1. The molecule has 1 aliphatic rings. The average Bonchev–Trinajstić information content (AvgIpc) is 3.19. The number of rotatable bonds is 5. The third kappa shape index (κ3) is 10.5. The van der Waals surface area contributed by atoms with Gasteiger partial charge in [0.2, 0.25) is 0 Å². The predicted octanol–water partition coefficient (Wildman–Crippen LogP) is 3.76. The van der Waals surface area contributed by atoms with E-state index in [-0.39, 0.29) is 0 Å². The Morgan fingerprint density at radius 3 is 1.30 bits per heavy atom. The lowest BCUT2D eigenvalue weighted by atomic mass is 9.97. The maximum Gasteiger partial charge on any atom is 0.507 e. The van der Waals surface area contributed by atoms with E-state index in [0.29, 0.717) is 0 Å². The van der Waals surface area contributed by atoms with Gasteiger partial charge in [-0.3, -0.25) is 9.79 Å². The zero-order valence-corrected chi connectivity index (χ0v) is 24.9. The first-order chi connectivity index (χ1) is 14.9. The summed E-state index contributed by atoms with van der Waals surface area (Å²) in [5.74, 6) is 0. The van der Waals surface area contributed by atoms with Crippen molar-refractivity contribution in [1.82, 2.24) is 29.2 Å². The third-order valence-electron chi connectivity index (χ3n) is 3.98. The largest absolute Gasteiger partial charge is 0.507 e. The number of hydrogen-bond acceptors (Lipinski definition) is 7. The molecular formula is C14H28Cl6FN6O4P2+. The first-order valence-electron chi connectivity index (χ1n) is 8.96. The zero-order chi connectivity index (χ0) is 26.3. The van der Waals surface area contributed by atoms with E-state index in [0.717, 1.165) is 0 Å². The quantitative estimate of drug-likeness (QED) is 0.369. The lowest BCUT2D eigenvalue weighted by molar-refractivity contribution is 0.179. The van der Waals surface area contributed by atoms with Crippen molar-refractivity contribution in [3.63, 3.8) is 0 Å². The molecule has 2 rings (SSSR count). The molecule has 33 heavy (non-hydrogen) atoms. The van der Waals surface area contributed by atoms with Crippen molar-refractivity contribution in [2.45, 2.75) is 32.3 Å². The number of aromatic nitrogens is 3. The minimum Gasteiger partial charge on any atom is -0.299 e. The van der Waals surface area contributed by atoms with Crippen LogP contribution in [-0.4, -0.2) is 114 Å². The number of halogens is 7. The van der Waals surface area contributed by atoms with E-state index in [1.807, 2.05) is 42.3 Å². The van der Waals surface area contributed by atoms with E-state index < -0.39 is 48.1 Å². The molecule has 0 atom stereocenters. The van der Waals surface area contributed by atoms with Crippen molar-refractivity contribution in [3.05, 3.63) is 12.4 Å². The van der Waals surface area contributed by atoms with Gasteiger partial charge in [0.05, 0.1) is 44.7 Å². The van der Waals surface area contributed by atoms with Crippen LogP contribution in [0.25, 0.3) is 0 Å². The Bertz CT molecular complexity index is 648. The van der Waals surface area contributed by atoms with Gasteiger partial charge in [0, 0.05) is 42.3 Å². The van der Waals surface area contributed by atoms with E-state index in [1.54, 1.807) is 12.4 Å². The summed E-state index contributed by atoms with van der Waals surface area (Å²) < 4.78 is 31.2. The fourth-order valence-corrected chi connectivity index (χ4v) is 7.92. The van der Waals surface area contributed by atoms with Crippen LogP contribution in [0.2, 0.25) is 0 Å². The Morgan fingerprint density at radius 2 is 1.12 bits per heavy atom. The number of nitrogens with zero attached hydrogens (tertiary/aromatic N) is 6. The molecule has 1 fully saturated rings. The second-order valence-corrected chi connectivity index (χ2v) is 14.6. The van der Waals surface area contributed by atoms with Crippen LogP contribution in [0, 0.1) is 0 Å². The molecule has 0 saturated heterocycles. The molecule has 0 radical (unpaired) electrons. The van der Waals surface area contributed by atoms with E-state index in [9.17, 15) is 4.20 Å². The first-order valence-corrected chi connectivity index (χ1v) is 14.6. The van der Waals surface area contributed by atoms with Gasteiger partial charge in [-0.1, -0.05) is 0 Å². The SMILES string of the molecule is CN(C)[P+](On1ccnn1)(N(C)C)N(C)C.ClC1C(Cl)C(Cl)C(Cl)C(Cl)C1Cl.O=P(O)(O)F. The number of alkyl halides is 6. The Hall–Kier alpha value is 1.07. The highest BCUT2D eigenvalue weighted by Crippen LogP contribution is 2.61. The standard InChI is InChI=1S/C8H20N6OP.C6H6Cl6.FH2O3P/c1-11(2)16(12(3)4,13(5)6)15-14-8-7-9-10-14;7-1-2(8)4(10)6(12)5(11)3(1)9;1-5(2,3)4/h7-8H,1-6H3;1-6H;(H2,2,3,4)/q+1;;. The van der Waals surface area contributed by atoms with Gasteiger partial charge >= 0.3 is 15.8 Å². The summed E-state index contributed by atoms with van der Waals surface area (Å²) in [7, 11) is 4.77. The molecule has 19 heteroatoms. The molecule has 1 aromatic heterocycles. The molecule has 1 saturated carbocycles. The molecule has 1 aliphatic carbocycles. The van der Waals surface area contributed by atoms with Gasteiger partial charge in [-0.2, -0.15) is 4.62 Å². The summed E-state index contributed by atoms with van der Waals surface area (Å²) in [6.07, 6.45) is 3.28. The van der Waals surface area contributed by atoms with Crippen LogP contribution in [0.1, 0.15) is 0 Å². The van der Waals surface area contributed by atoms with Crippen LogP contribution in [-0.2, 0) is 4.57 Å². The van der Waals surface area contributed by atoms with Crippen LogP contribution in [0.5, 0.6) is 0 Å². The normalized spacial score (nSPS) is 28.2. The summed E-state index contributed by atoms with van der Waals surface area (Å²) in [5.41, 5.74) is 0. The van der Waals surface area contributed by atoms with Crippen molar-refractivity contribution in [3.8, 4) is 0 Å². The molecular weight excluding hydrogens is 610 g/mol. The Labute approximate surface area is 223 Å². The van der Waals surface area contributed by atoms with Crippen LogP contribution in [0.15, 0.2) is 12.4 Å². The molecule has 0 unspecified atom stereocenters. The van der Waals surface area contributed by atoms with Gasteiger partial charge in [0.15, 0.2) is 0 Å². The summed E-state index contributed by atoms with van der Waals surface area (Å²) in [6.45, 7) is 0. The fraction of sp³-hybridized carbons (Fsp3) is 0.857. The highest BCUT2D eigenvalue weighted by molar-refractivity contribution is 7.64. The predicted molar refractivity (Wildman–Crippen MR) is 136 cm³/mol. The van der Waals surface area contributed by atoms with Gasteiger partial charge in [-0.05, 0) is 10.1 Å².